The Balaban J connectivity index is 2.93. The van der Waals surface area contributed by atoms with Crippen LogP contribution in [-0.2, 0) is 12.0 Å². The molecule has 0 saturated carbocycles. The van der Waals surface area contributed by atoms with Crippen LogP contribution in [0, 0.1) is 0 Å². The standard InChI is InChI=1S/C18H23NO3/c1-6-7-19-10-15(11(2)20)13-8-12(18(3,4)5)9-14(16(13)19)17(21)22/h8-10H,6-7H2,1-5H3,(H,21,22). The van der Waals surface area contributed by atoms with Gasteiger partial charge in [0.25, 0.3) is 0 Å². The average molecular weight is 301 g/mol. The number of carbonyl (C=O) groups is 2. The van der Waals surface area contributed by atoms with E-state index in [4.69, 9.17) is 0 Å². The molecule has 4 heteroatoms. The molecule has 0 unspecified atom stereocenters. The number of aromatic carboxylic acids is 1. The van der Waals surface area contributed by atoms with E-state index >= 15 is 0 Å². The molecule has 0 aliphatic rings. The molecule has 22 heavy (non-hydrogen) atoms. The molecule has 0 atom stereocenters. The Morgan fingerprint density at radius 3 is 2.27 bits per heavy atom. The van der Waals surface area contributed by atoms with Gasteiger partial charge in [0.2, 0.25) is 0 Å². The maximum Gasteiger partial charge on any atom is 0.337 e. The first-order chi connectivity index (χ1) is 10.2. The fourth-order valence-electron chi connectivity index (χ4n) is 2.73. The predicted molar refractivity (Wildman–Crippen MR) is 87.9 cm³/mol. The number of aryl methyl sites for hydroxylation is 1. The smallest absolute Gasteiger partial charge is 0.337 e. The quantitative estimate of drug-likeness (QED) is 0.859. The average Bonchev–Trinajstić information content (AvgIpc) is 2.76. The summed E-state index contributed by atoms with van der Waals surface area (Å²) in [4.78, 5) is 23.7. The monoisotopic (exact) mass is 301 g/mol. The Morgan fingerprint density at radius 1 is 1.18 bits per heavy atom. The molecule has 2 aromatic rings. The van der Waals surface area contributed by atoms with Crippen LogP contribution in [0.15, 0.2) is 18.3 Å². The SMILES string of the molecule is CCCn1cc(C(C)=O)c2cc(C(C)(C)C)cc(C(=O)O)c21. The Kier molecular flexibility index (Phi) is 4.14. The van der Waals surface area contributed by atoms with E-state index in [0.29, 0.717) is 17.6 Å². The lowest BCUT2D eigenvalue weighted by atomic mass is 9.85. The van der Waals surface area contributed by atoms with E-state index in [1.54, 1.807) is 12.3 Å². The normalized spacial score (nSPS) is 11.9. The van der Waals surface area contributed by atoms with Gasteiger partial charge in [-0.3, -0.25) is 4.79 Å². The van der Waals surface area contributed by atoms with Gasteiger partial charge in [-0.2, -0.15) is 0 Å². The van der Waals surface area contributed by atoms with Crippen LogP contribution in [0.1, 0.15) is 67.3 Å². The molecular weight excluding hydrogens is 278 g/mol. The topological polar surface area (TPSA) is 59.3 Å². The molecular formula is C18H23NO3. The zero-order valence-electron chi connectivity index (χ0n) is 13.9. The van der Waals surface area contributed by atoms with Gasteiger partial charge in [-0.05, 0) is 36.5 Å². The van der Waals surface area contributed by atoms with E-state index in [0.717, 1.165) is 17.4 Å². The number of benzene rings is 1. The van der Waals surface area contributed by atoms with Crippen LogP contribution in [-0.4, -0.2) is 21.4 Å². The van der Waals surface area contributed by atoms with Crippen LogP contribution in [0.2, 0.25) is 0 Å². The first-order valence-electron chi connectivity index (χ1n) is 7.58. The van der Waals surface area contributed by atoms with Crippen LogP contribution < -0.4 is 0 Å². The number of nitrogens with zero attached hydrogens (tertiary/aromatic N) is 1. The van der Waals surface area contributed by atoms with Crippen molar-refractivity contribution in [2.75, 3.05) is 0 Å². The van der Waals surface area contributed by atoms with Crippen molar-refractivity contribution in [2.45, 2.75) is 53.0 Å². The molecule has 0 saturated heterocycles. The maximum atomic E-state index is 12.0. The minimum Gasteiger partial charge on any atom is -0.478 e. The first kappa shape index (κ1) is 16.3. The molecule has 1 N–H and O–H groups in total. The number of rotatable bonds is 4. The van der Waals surface area contributed by atoms with Crippen LogP contribution in [0.4, 0.5) is 0 Å². The zero-order valence-corrected chi connectivity index (χ0v) is 13.9. The van der Waals surface area contributed by atoms with Gasteiger partial charge in [0, 0.05) is 23.7 Å². The van der Waals surface area contributed by atoms with Crippen molar-refractivity contribution in [3.63, 3.8) is 0 Å². The number of hydrogen-bond acceptors (Lipinski definition) is 2. The van der Waals surface area contributed by atoms with Gasteiger partial charge < -0.3 is 9.67 Å². The summed E-state index contributed by atoms with van der Waals surface area (Å²) in [6.07, 6.45) is 2.66. The number of carboxylic acids is 1. The Morgan fingerprint density at radius 2 is 1.82 bits per heavy atom. The molecule has 0 spiro atoms. The highest BCUT2D eigenvalue weighted by Gasteiger charge is 2.23. The highest BCUT2D eigenvalue weighted by molar-refractivity contribution is 6.12. The lowest BCUT2D eigenvalue weighted by Crippen LogP contribution is -2.13. The number of aromatic nitrogens is 1. The molecule has 1 aromatic carbocycles. The molecule has 1 heterocycles. The van der Waals surface area contributed by atoms with Crippen LogP contribution in [0.5, 0.6) is 0 Å². The van der Waals surface area contributed by atoms with E-state index in [1.807, 2.05) is 38.3 Å². The van der Waals surface area contributed by atoms with Gasteiger partial charge in [0.15, 0.2) is 5.78 Å². The molecule has 0 bridgehead atoms. The van der Waals surface area contributed by atoms with E-state index in [-0.39, 0.29) is 16.8 Å². The van der Waals surface area contributed by atoms with Crippen LogP contribution in [0.25, 0.3) is 10.9 Å². The number of carbonyl (C=O) groups excluding carboxylic acids is 1. The number of ketones is 1. The van der Waals surface area contributed by atoms with Gasteiger partial charge in [-0.15, -0.1) is 0 Å². The number of Topliss-reactive ketones (excluding diaryl/α,β-unsaturated/α-hetero) is 1. The number of carboxylic acid groups (broad SMARTS) is 1. The Hall–Kier alpha value is -2.10. The Bertz CT molecular complexity index is 748. The molecule has 4 nitrogen and oxygen atoms in total. The summed E-state index contributed by atoms with van der Waals surface area (Å²) >= 11 is 0. The summed E-state index contributed by atoms with van der Waals surface area (Å²) in [6.45, 7) is 10.4. The summed E-state index contributed by atoms with van der Waals surface area (Å²) in [6, 6.07) is 3.70. The van der Waals surface area contributed by atoms with E-state index < -0.39 is 5.97 Å². The maximum absolute atomic E-state index is 12.0. The highest BCUT2D eigenvalue weighted by Crippen LogP contribution is 2.32. The zero-order chi connectivity index (χ0) is 16.7. The van der Waals surface area contributed by atoms with Gasteiger partial charge in [0.1, 0.15) is 0 Å². The van der Waals surface area contributed by atoms with Crippen molar-refractivity contribution in [3.05, 3.63) is 35.0 Å². The van der Waals surface area contributed by atoms with E-state index in [2.05, 4.69) is 0 Å². The summed E-state index contributed by atoms with van der Waals surface area (Å²) in [5, 5.41) is 10.4. The summed E-state index contributed by atoms with van der Waals surface area (Å²) < 4.78 is 1.89. The van der Waals surface area contributed by atoms with Gasteiger partial charge >= 0.3 is 5.97 Å². The van der Waals surface area contributed by atoms with E-state index in [1.165, 1.54) is 6.92 Å². The molecule has 1 aromatic heterocycles. The second-order valence-electron chi connectivity index (χ2n) is 6.77. The van der Waals surface area contributed by atoms with Crippen LogP contribution in [0.3, 0.4) is 0 Å². The van der Waals surface area contributed by atoms with Crippen molar-refractivity contribution in [1.82, 2.24) is 4.57 Å². The van der Waals surface area contributed by atoms with Crippen molar-refractivity contribution in [3.8, 4) is 0 Å². The third kappa shape index (κ3) is 2.78. The number of fused-ring (bicyclic) bond motifs is 1. The fourth-order valence-corrected chi connectivity index (χ4v) is 2.73. The van der Waals surface area contributed by atoms with Gasteiger partial charge in [0.05, 0.1) is 11.1 Å². The van der Waals surface area contributed by atoms with Crippen molar-refractivity contribution in [2.24, 2.45) is 0 Å². The first-order valence-corrected chi connectivity index (χ1v) is 7.58. The second kappa shape index (κ2) is 5.59. The number of hydrogen-bond donors (Lipinski definition) is 1. The molecule has 2 rings (SSSR count). The predicted octanol–water partition coefficient (Wildman–Crippen LogP) is 4.25. The van der Waals surface area contributed by atoms with Crippen molar-refractivity contribution in [1.29, 1.82) is 0 Å². The lowest BCUT2D eigenvalue weighted by molar-refractivity contribution is 0.0698. The third-order valence-electron chi connectivity index (χ3n) is 3.91. The van der Waals surface area contributed by atoms with E-state index in [9.17, 15) is 14.7 Å². The molecule has 0 amide bonds. The molecule has 118 valence electrons. The molecule has 0 fully saturated rings. The third-order valence-corrected chi connectivity index (χ3v) is 3.91. The van der Waals surface area contributed by atoms with Gasteiger partial charge in [-0.25, -0.2) is 4.79 Å². The molecule has 0 aliphatic carbocycles. The summed E-state index contributed by atoms with van der Waals surface area (Å²) in [5.74, 6) is -0.996. The second-order valence-corrected chi connectivity index (χ2v) is 6.77. The fraction of sp³-hybridized carbons (Fsp3) is 0.444. The summed E-state index contributed by atoms with van der Waals surface area (Å²) in [5.41, 5.74) is 2.25. The van der Waals surface area contributed by atoms with Crippen molar-refractivity contribution < 1.29 is 14.7 Å². The van der Waals surface area contributed by atoms with Crippen LogP contribution >= 0.6 is 0 Å². The van der Waals surface area contributed by atoms with Crippen molar-refractivity contribution >= 4 is 22.7 Å². The molecule has 0 aliphatic heterocycles. The van der Waals surface area contributed by atoms with Gasteiger partial charge in [-0.1, -0.05) is 27.7 Å². The minimum atomic E-state index is -0.957. The molecule has 0 radical (unpaired) electrons. The summed E-state index contributed by atoms with van der Waals surface area (Å²) in [7, 11) is 0. The Labute approximate surface area is 130 Å². The highest BCUT2D eigenvalue weighted by atomic mass is 16.4. The largest absolute Gasteiger partial charge is 0.478 e. The lowest BCUT2D eigenvalue weighted by Gasteiger charge is -2.20. The minimum absolute atomic E-state index is 0.0396.